The van der Waals surface area contributed by atoms with E-state index in [1.807, 2.05) is 30.3 Å². The van der Waals surface area contributed by atoms with Crippen LogP contribution in [-0.4, -0.2) is 38.8 Å². The van der Waals surface area contributed by atoms with Gasteiger partial charge in [-0.3, -0.25) is 4.79 Å². The SMILES string of the molecule is CC(OCc1ccccc1)C(=O)Nc1cccc(S(=O)(=O)N(C)C)c1. The molecule has 25 heavy (non-hydrogen) atoms. The van der Waals surface area contributed by atoms with E-state index in [2.05, 4.69) is 5.32 Å². The molecular weight excluding hydrogens is 340 g/mol. The Kier molecular flexibility index (Phi) is 6.30. The highest BCUT2D eigenvalue weighted by Gasteiger charge is 2.19. The van der Waals surface area contributed by atoms with Gasteiger partial charge in [-0.25, -0.2) is 12.7 Å². The largest absolute Gasteiger partial charge is 0.364 e. The molecule has 134 valence electrons. The average Bonchev–Trinajstić information content (AvgIpc) is 2.60. The second-order valence-electron chi connectivity index (χ2n) is 5.74. The zero-order chi connectivity index (χ0) is 18.4. The molecule has 2 aromatic carbocycles. The van der Waals surface area contributed by atoms with Crippen LogP contribution in [0, 0.1) is 0 Å². The molecule has 0 aliphatic heterocycles. The molecule has 0 saturated carbocycles. The Morgan fingerprint density at radius 3 is 2.44 bits per heavy atom. The number of nitrogens with one attached hydrogen (secondary N) is 1. The Hall–Kier alpha value is -2.22. The number of hydrogen-bond donors (Lipinski definition) is 1. The molecule has 0 spiro atoms. The van der Waals surface area contributed by atoms with Gasteiger partial charge in [-0.2, -0.15) is 0 Å². The highest BCUT2D eigenvalue weighted by Crippen LogP contribution is 2.18. The summed E-state index contributed by atoms with van der Waals surface area (Å²) >= 11 is 0. The van der Waals surface area contributed by atoms with Crippen molar-refractivity contribution >= 4 is 21.6 Å². The van der Waals surface area contributed by atoms with Gasteiger partial charge in [-0.15, -0.1) is 0 Å². The molecule has 7 heteroatoms. The number of anilines is 1. The predicted octanol–water partition coefficient (Wildman–Crippen LogP) is 2.48. The first-order valence-corrected chi connectivity index (χ1v) is 9.23. The van der Waals surface area contributed by atoms with Crippen molar-refractivity contribution in [2.24, 2.45) is 0 Å². The maximum Gasteiger partial charge on any atom is 0.253 e. The zero-order valence-electron chi connectivity index (χ0n) is 14.5. The smallest absolute Gasteiger partial charge is 0.253 e. The summed E-state index contributed by atoms with van der Waals surface area (Å²) in [6, 6.07) is 15.7. The van der Waals surface area contributed by atoms with E-state index in [4.69, 9.17) is 4.74 Å². The molecule has 2 aromatic rings. The van der Waals surface area contributed by atoms with Gasteiger partial charge in [-0.1, -0.05) is 36.4 Å². The van der Waals surface area contributed by atoms with Crippen LogP contribution >= 0.6 is 0 Å². The lowest BCUT2D eigenvalue weighted by Gasteiger charge is -2.15. The van der Waals surface area contributed by atoms with E-state index in [1.165, 1.54) is 26.2 Å². The lowest BCUT2D eigenvalue weighted by atomic mass is 10.2. The summed E-state index contributed by atoms with van der Waals surface area (Å²) in [5.74, 6) is -0.338. The number of nitrogens with zero attached hydrogens (tertiary/aromatic N) is 1. The predicted molar refractivity (Wildman–Crippen MR) is 96.6 cm³/mol. The molecule has 1 unspecified atom stereocenters. The summed E-state index contributed by atoms with van der Waals surface area (Å²) in [5.41, 5.74) is 1.38. The first kappa shape index (κ1) is 19.1. The lowest BCUT2D eigenvalue weighted by Crippen LogP contribution is -2.28. The minimum atomic E-state index is -3.55. The second kappa shape index (κ2) is 8.24. The Morgan fingerprint density at radius 2 is 1.80 bits per heavy atom. The van der Waals surface area contributed by atoms with Gasteiger partial charge in [0.15, 0.2) is 0 Å². The molecule has 0 radical (unpaired) electrons. The van der Waals surface area contributed by atoms with Crippen molar-refractivity contribution < 1.29 is 17.9 Å². The summed E-state index contributed by atoms with van der Waals surface area (Å²) < 4.78 is 31.0. The Morgan fingerprint density at radius 1 is 1.12 bits per heavy atom. The standard InChI is InChI=1S/C18H22N2O4S/c1-14(24-13-15-8-5-4-6-9-15)18(21)19-16-10-7-11-17(12-16)25(22,23)20(2)3/h4-12,14H,13H2,1-3H3,(H,19,21). The maximum atomic E-state index is 12.2. The highest BCUT2D eigenvalue weighted by molar-refractivity contribution is 7.89. The number of carbonyl (C=O) groups excluding carboxylic acids is 1. The van der Waals surface area contributed by atoms with Crippen molar-refractivity contribution in [1.82, 2.24) is 4.31 Å². The van der Waals surface area contributed by atoms with Crippen LogP contribution in [0.5, 0.6) is 0 Å². The number of hydrogen-bond acceptors (Lipinski definition) is 4. The molecule has 0 fully saturated rings. The van der Waals surface area contributed by atoms with Crippen molar-refractivity contribution in [1.29, 1.82) is 0 Å². The van der Waals surface area contributed by atoms with Crippen LogP contribution in [0.1, 0.15) is 12.5 Å². The second-order valence-corrected chi connectivity index (χ2v) is 7.90. The van der Waals surface area contributed by atoms with Crippen molar-refractivity contribution in [2.75, 3.05) is 19.4 Å². The summed E-state index contributed by atoms with van der Waals surface area (Å²) in [6.07, 6.45) is -0.672. The Bertz CT molecular complexity index is 820. The molecule has 0 aliphatic rings. The van der Waals surface area contributed by atoms with Gasteiger partial charge < -0.3 is 10.1 Å². The summed E-state index contributed by atoms with van der Waals surface area (Å²) in [5, 5.41) is 2.68. The number of ether oxygens (including phenoxy) is 1. The molecule has 0 aromatic heterocycles. The summed E-state index contributed by atoms with van der Waals surface area (Å²) in [6.45, 7) is 1.98. The summed E-state index contributed by atoms with van der Waals surface area (Å²) in [7, 11) is -0.634. The quantitative estimate of drug-likeness (QED) is 0.821. The van der Waals surface area contributed by atoms with Crippen LogP contribution in [0.15, 0.2) is 59.5 Å². The van der Waals surface area contributed by atoms with Crippen LogP contribution in [0.3, 0.4) is 0 Å². The van der Waals surface area contributed by atoms with Gasteiger partial charge >= 0.3 is 0 Å². The van der Waals surface area contributed by atoms with E-state index in [0.29, 0.717) is 12.3 Å². The molecule has 0 aliphatic carbocycles. The molecule has 6 nitrogen and oxygen atoms in total. The number of carbonyl (C=O) groups is 1. The minimum absolute atomic E-state index is 0.119. The van der Waals surface area contributed by atoms with E-state index in [0.717, 1.165) is 9.87 Å². The first-order chi connectivity index (χ1) is 11.8. The van der Waals surface area contributed by atoms with Crippen LogP contribution in [0.4, 0.5) is 5.69 Å². The fourth-order valence-corrected chi connectivity index (χ4v) is 3.01. The number of rotatable bonds is 7. The van der Waals surface area contributed by atoms with E-state index in [1.54, 1.807) is 19.1 Å². The number of benzene rings is 2. The zero-order valence-corrected chi connectivity index (χ0v) is 15.3. The van der Waals surface area contributed by atoms with Gasteiger partial charge in [0.05, 0.1) is 11.5 Å². The van der Waals surface area contributed by atoms with E-state index in [-0.39, 0.29) is 10.8 Å². The van der Waals surface area contributed by atoms with Crippen LogP contribution in [0.2, 0.25) is 0 Å². The third-order valence-electron chi connectivity index (χ3n) is 3.59. The Balaban J connectivity index is 2.00. The molecule has 0 saturated heterocycles. The first-order valence-electron chi connectivity index (χ1n) is 7.79. The van der Waals surface area contributed by atoms with Crippen LogP contribution in [0.25, 0.3) is 0 Å². The lowest BCUT2D eigenvalue weighted by molar-refractivity contribution is -0.127. The Labute approximate surface area is 148 Å². The van der Waals surface area contributed by atoms with E-state index >= 15 is 0 Å². The van der Waals surface area contributed by atoms with Gasteiger partial charge in [0.1, 0.15) is 6.10 Å². The van der Waals surface area contributed by atoms with Crippen molar-refractivity contribution in [2.45, 2.75) is 24.5 Å². The molecule has 0 bridgehead atoms. The average molecular weight is 362 g/mol. The minimum Gasteiger partial charge on any atom is -0.364 e. The molecule has 1 amide bonds. The van der Waals surface area contributed by atoms with Gasteiger partial charge in [0.2, 0.25) is 10.0 Å². The third kappa shape index (κ3) is 5.12. The monoisotopic (exact) mass is 362 g/mol. The van der Waals surface area contributed by atoms with Gasteiger partial charge in [0.25, 0.3) is 5.91 Å². The molecule has 2 rings (SSSR count). The van der Waals surface area contributed by atoms with Crippen molar-refractivity contribution in [3.05, 3.63) is 60.2 Å². The van der Waals surface area contributed by atoms with E-state index in [9.17, 15) is 13.2 Å². The molecule has 1 atom stereocenters. The normalized spacial score (nSPS) is 12.8. The third-order valence-corrected chi connectivity index (χ3v) is 5.40. The van der Waals surface area contributed by atoms with Crippen LogP contribution < -0.4 is 5.32 Å². The maximum absolute atomic E-state index is 12.2. The topological polar surface area (TPSA) is 75.7 Å². The van der Waals surface area contributed by atoms with E-state index < -0.39 is 16.1 Å². The fourth-order valence-electron chi connectivity index (χ4n) is 2.06. The van der Waals surface area contributed by atoms with Crippen molar-refractivity contribution in [3.8, 4) is 0 Å². The number of amides is 1. The summed E-state index contributed by atoms with van der Waals surface area (Å²) in [4.78, 5) is 12.4. The van der Waals surface area contributed by atoms with Crippen LogP contribution in [-0.2, 0) is 26.2 Å². The molecular formula is C18H22N2O4S. The highest BCUT2D eigenvalue weighted by atomic mass is 32.2. The van der Waals surface area contributed by atoms with Gasteiger partial charge in [-0.05, 0) is 30.7 Å². The van der Waals surface area contributed by atoms with Gasteiger partial charge in [0, 0.05) is 19.8 Å². The molecule has 1 N–H and O–H groups in total. The molecule has 0 heterocycles. The number of sulfonamides is 1. The van der Waals surface area contributed by atoms with Crippen molar-refractivity contribution in [3.63, 3.8) is 0 Å². The fraction of sp³-hybridized carbons (Fsp3) is 0.278.